The predicted molar refractivity (Wildman–Crippen MR) is 77.0 cm³/mol. The van der Waals surface area contributed by atoms with Crippen molar-refractivity contribution in [3.8, 4) is 0 Å². The molecule has 0 radical (unpaired) electrons. The third-order valence-corrected chi connectivity index (χ3v) is 3.47. The molecule has 0 heterocycles. The van der Waals surface area contributed by atoms with E-state index in [0.717, 1.165) is 0 Å². The van der Waals surface area contributed by atoms with Crippen molar-refractivity contribution in [1.82, 2.24) is 0 Å². The molecule has 0 aromatic rings. The van der Waals surface area contributed by atoms with Crippen LogP contribution in [0.2, 0.25) is 0 Å². The van der Waals surface area contributed by atoms with Crippen molar-refractivity contribution in [2.24, 2.45) is 0 Å². The fourth-order valence-electron chi connectivity index (χ4n) is 1.17. The van der Waals surface area contributed by atoms with Crippen molar-refractivity contribution in [2.75, 3.05) is 11.5 Å². The molecule has 0 aliphatic rings. The van der Waals surface area contributed by atoms with Gasteiger partial charge < -0.3 is 0 Å². The fraction of sp³-hybridized carbons (Fsp3) is 1.00. The maximum absolute atomic E-state index is 2.25. The Morgan fingerprint density at radius 1 is 0.533 bits per heavy atom. The lowest BCUT2D eigenvalue weighted by atomic mass is 10.2. The molecule has 0 aliphatic heterocycles. The molecular formula is C14H32S. The molecule has 1 heteroatoms. The molecule has 0 rings (SSSR count). The van der Waals surface area contributed by atoms with Crippen LogP contribution in [0.3, 0.4) is 0 Å². The molecule has 0 aromatic carbocycles. The summed E-state index contributed by atoms with van der Waals surface area (Å²) in [5.41, 5.74) is 0. The van der Waals surface area contributed by atoms with Crippen LogP contribution in [0.25, 0.3) is 0 Å². The van der Waals surface area contributed by atoms with Crippen LogP contribution in [0.4, 0.5) is 0 Å². The van der Waals surface area contributed by atoms with Crippen molar-refractivity contribution >= 4 is 11.8 Å². The van der Waals surface area contributed by atoms with Crippen LogP contribution in [-0.2, 0) is 0 Å². The molecule has 0 N–H and O–H groups in total. The van der Waals surface area contributed by atoms with E-state index in [1.54, 1.807) is 0 Å². The van der Waals surface area contributed by atoms with Gasteiger partial charge in [0.15, 0.2) is 0 Å². The third-order valence-electron chi connectivity index (χ3n) is 2.20. The van der Waals surface area contributed by atoms with E-state index in [1.807, 2.05) is 0 Å². The summed E-state index contributed by atoms with van der Waals surface area (Å²) in [7, 11) is 0. The first-order valence-electron chi connectivity index (χ1n) is 6.91. The zero-order valence-corrected chi connectivity index (χ0v) is 12.3. The Hall–Kier alpha value is 0.350. The van der Waals surface area contributed by atoms with E-state index < -0.39 is 0 Å². The molecule has 0 unspecified atom stereocenters. The highest BCUT2D eigenvalue weighted by atomic mass is 32.2. The molecule has 0 nitrogen and oxygen atoms in total. The number of thioether (sulfide) groups is 1. The average Bonchev–Trinajstić information content (AvgIpc) is 2.26. The lowest BCUT2D eigenvalue weighted by Gasteiger charge is -1.94. The summed E-state index contributed by atoms with van der Waals surface area (Å²) in [6.45, 7) is 8.97. The van der Waals surface area contributed by atoms with Gasteiger partial charge >= 0.3 is 0 Å². The molecule has 0 amide bonds. The highest BCUT2D eigenvalue weighted by Crippen LogP contribution is 2.04. The van der Waals surface area contributed by atoms with Gasteiger partial charge in [0.1, 0.15) is 0 Å². The Balaban J connectivity index is 0. The van der Waals surface area contributed by atoms with E-state index in [4.69, 9.17) is 0 Å². The van der Waals surface area contributed by atoms with Crippen LogP contribution >= 0.6 is 11.8 Å². The highest BCUT2D eigenvalue weighted by Gasteiger charge is 1.83. The Bertz CT molecular complexity index is 71.4. The van der Waals surface area contributed by atoms with E-state index >= 15 is 0 Å². The van der Waals surface area contributed by atoms with Gasteiger partial charge in [0.2, 0.25) is 0 Å². The minimum atomic E-state index is 1.33. The molecule has 0 bridgehead atoms. The smallest absolute Gasteiger partial charge is 0.00676 e. The van der Waals surface area contributed by atoms with Crippen LogP contribution < -0.4 is 0 Å². The topological polar surface area (TPSA) is 0 Å². The van der Waals surface area contributed by atoms with Gasteiger partial charge in [-0.15, -0.1) is 0 Å². The van der Waals surface area contributed by atoms with Gasteiger partial charge in [-0.25, -0.2) is 0 Å². The minimum absolute atomic E-state index is 1.33. The third kappa shape index (κ3) is 25.0. The predicted octanol–water partition coefficient (Wildman–Crippen LogP) is 5.91. The Morgan fingerprint density at radius 2 is 1.07 bits per heavy atom. The van der Waals surface area contributed by atoms with Crippen LogP contribution in [-0.4, -0.2) is 11.5 Å². The van der Waals surface area contributed by atoms with Crippen LogP contribution in [0.1, 0.15) is 79.1 Å². The standard InChI is InChI=1S/C7H16S.C7H16/c1-3-5-7-8-6-4-2;1-3-5-7-6-4-2/h3-7H2,1-2H3;3-7H2,1-2H3. The van der Waals surface area contributed by atoms with Crippen molar-refractivity contribution in [3.05, 3.63) is 0 Å². The van der Waals surface area contributed by atoms with Crippen molar-refractivity contribution in [2.45, 2.75) is 79.1 Å². The van der Waals surface area contributed by atoms with E-state index in [2.05, 4.69) is 39.5 Å². The summed E-state index contributed by atoms with van der Waals surface area (Å²) in [5, 5.41) is 0. The second-order valence-corrected chi connectivity index (χ2v) is 5.25. The van der Waals surface area contributed by atoms with Gasteiger partial charge in [0.05, 0.1) is 0 Å². The second kappa shape index (κ2) is 19.9. The summed E-state index contributed by atoms with van der Waals surface area (Å²) < 4.78 is 0. The zero-order valence-electron chi connectivity index (χ0n) is 11.5. The quantitative estimate of drug-likeness (QED) is 0.446. The SMILES string of the molecule is CCCCCCC.CCCCSCCC. The van der Waals surface area contributed by atoms with E-state index in [9.17, 15) is 0 Å². The molecule has 0 spiro atoms. The Kier molecular flexibility index (Phi) is 23.5. The summed E-state index contributed by atoms with van der Waals surface area (Å²) in [5.74, 6) is 2.71. The van der Waals surface area contributed by atoms with Crippen molar-refractivity contribution in [3.63, 3.8) is 0 Å². The summed E-state index contributed by atoms with van der Waals surface area (Å²) in [6, 6.07) is 0. The first-order valence-corrected chi connectivity index (χ1v) is 8.06. The first kappa shape index (κ1) is 17.7. The van der Waals surface area contributed by atoms with Crippen LogP contribution in [0.15, 0.2) is 0 Å². The van der Waals surface area contributed by atoms with Crippen LogP contribution in [0, 0.1) is 0 Å². The molecule has 0 atom stereocenters. The monoisotopic (exact) mass is 232 g/mol. The van der Waals surface area contributed by atoms with Gasteiger partial charge in [0, 0.05) is 0 Å². The van der Waals surface area contributed by atoms with Gasteiger partial charge in [0.25, 0.3) is 0 Å². The van der Waals surface area contributed by atoms with Gasteiger partial charge in [-0.05, 0) is 24.3 Å². The van der Waals surface area contributed by atoms with E-state index in [-0.39, 0.29) is 0 Å². The number of hydrogen-bond donors (Lipinski definition) is 0. The fourth-order valence-corrected chi connectivity index (χ4v) is 2.16. The maximum Gasteiger partial charge on any atom is -0.00676 e. The van der Waals surface area contributed by atoms with Crippen molar-refractivity contribution < 1.29 is 0 Å². The number of hydrogen-bond acceptors (Lipinski definition) is 1. The van der Waals surface area contributed by atoms with Gasteiger partial charge in [-0.3, -0.25) is 0 Å². The van der Waals surface area contributed by atoms with Gasteiger partial charge in [-0.1, -0.05) is 66.2 Å². The second-order valence-electron chi connectivity index (χ2n) is 4.03. The first-order chi connectivity index (χ1) is 7.33. The van der Waals surface area contributed by atoms with Crippen molar-refractivity contribution in [1.29, 1.82) is 0 Å². The molecule has 94 valence electrons. The van der Waals surface area contributed by atoms with E-state index in [1.165, 1.54) is 62.9 Å². The Morgan fingerprint density at radius 3 is 1.47 bits per heavy atom. The summed E-state index contributed by atoms with van der Waals surface area (Å²) in [6.07, 6.45) is 11.1. The largest absolute Gasteiger partial charge is 0.162 e. The minimum Gasteiger partial charge on any atom is -0.162 e. The zero-order chi connectivity index (χ0) is 11.8. The molecule has 0 aromatic heterocycles. The molecule has 15 heavy (non-hydrogen) atoms. The average molecular weight is 232 g/mol. The number of unbranched alkanes of at least 4 members (excludes halogenated alkanes) is 5. The number of rotatable bonds is 9. The normalized spacial score (nSPS) is 9.60. The molecular weight excluding hydrogens is 200 g/mol. The molecule has 0 aliphatic carbocycles. The van der Waals surface area contributed by atoms with Gasteiger partial charge in [-0.2, -0.15) is 11.8 Å². The summed E-state index contributed by atoms with van der Waals surface area (Å²) >= 11 is 2.08. The summed E-state index contributed by atoms with van der Waals surface area (Å²) in [4.78, 5) is 0. The van der Waals surface area contributed by atoms with E-state index in [0.29, 0.717) is 0 Å². The van der Waals surface area contributed by atoms with Crippen LogP contribution in [0.5, 0.6) is 0 Å². The molecule has 0 fully saturated rings. The lowest BCUT2D eigenvalue weighted by molar-refractivity contribution is 0.656. The molecule has 0 saturated carbocycles. The Labute approximate surface area is 103 Å². The highest BCUT2D eigenvalue weighted by molar-refractivity contribution is 7.99. The lowest BCUT2D eigenvalue weighted by Crippen LogP contribution is -1.79. The molecule has 0 saturated heterocycles. The maximum atomic E-state index is 2.25.